The van der Waals surface area contributed by atoms with Gasteiger partial charge < -0.3 is 0 Å². The normalized spacial score (nSPS) is 17.5. The van der Waals surface area contributed by atoms with Crippen molar-refractivity contribution in [2.75, 3.05) is 0 Å². The van der Waals surface area contributed by atoms with Crippen LogP contribution in [0.2, 0.25) is 0 Å². The second-order valence-corrected chi connectivity index (χ2v) is 3.46. The van der Waals surface area contributed by atoms with Gasteiger partial charge in [-0.1, -0.05) is 42.5 Å². The van der Waals surface area contributed by atoms with Crippen LogP contribution in [0.1, 0.15) is 6.42 Å². The maximum absolute atomic E-state index is 2.27. The Morgan fingerprint density at radius 1 is 1.08 bits per heavy atom. The van der Waals surface area contributed by atoms with Gasteiger partial charge in [0.15, 0.2) is 0 Å². The smallest absolute Gasteiger partial charge is 0.00822 e. The Morgan fingerprint density at radius 3 is 3.00 bits per heavy atom. The fourth-order valence-corrected chi connectivity index (χ4v) is 2.04. The first kappa shape index (κ1) is 6.90. The van der Waals surface area contributed by atoms with Crippen molar-refractivity contribution in [3.63, 3.8) is 0 Å². The van der Waals surface area contributed by atoms with E-state index in [4.69, 9.17) is 0 Å². The second kappa shape index (κ2) is 2.46. The fraction of sp³-hybridized carbons (Fsp3) is 0.0769. The van der Waals surface area contributed by atoms with Gasteiger partial charge in [0.1, 0.15) is 0 Å². The molecule has 0 aliphatic heterocycles. The van der Waals surface area contributed by atoms with E-state index in [2.05, 4.69) is 48.6 Å². The van der Waals surface area contributed by atoms with Crippen molar-refractivity contribution in [2.24, 2.45) is 0 Å². The van der Waals surface area contributed by atoms with Crippen molar-refractivity contribution < 1.29 is 0 Å². The third-order valence-electron chi connectivity index (χ3n) is 2.68. The molecule has 3 rings (SSSR count). The van der Waals surface area contributed by atoms with Gasteiger partial charge in [0.2, 0.25) is 0 Å². The molecule has 0 saturated heterocycles. The van der Waals surface area contributed by atoms with Crippen molar-refractivity contribution in [3.05, 3.63) is 58.5 Å². The van der Waals surface area contributed by atoms with Crippen LogP contribution in [0, 0.1) is 0 Å². The molecule has 0 unspecified atom stereocenters. The predicted molar refractivity (Wildman–Crippen MR) is 55.4 cm³/mol. The Morgan fingerprint density at radius 2 is 2.00 bits per heavy atom. The quantitative estimate of drug-likeness (QED) is 0.548. The summed E-state index contributed by atoms with van der Waals surface area (Å²) in [6.07, 6.45) is 9.91. The molecule has 0 amide bonds. The Hall–Kier alpha value is -1.56. The summed E-state index contributed by atoms with van der Waals surface area (Å²) < 4.78 is 0. The summed E-state index contributed by atoms with van der Waals surface area (Å²) in [5, 5.41) is 2.78. The second-order valence-electron chi connectivity index (χ2n) is 3.46. The first-order valence-electron chi connectivity index (χ1n) is 4.62. The standard InChI is InChI=1S/C13H10/c1-3-7-12-10(5-1)9-11-6-2-4-8-13(11)12/h1-7,9H,8H2. The van der Waals surface area contributed by atoms with Gasteiger partial charge in [-0.05, 0) is 34.1 Å². The van der Waals surface area contributed by atoms with E-state index in [1.807, 2.05) is 0 Å². The van der Waals surface area contributed by atoms with E-state index in [0.29, 0.717) is 0 Å². The van der Waals surface area contributed by atoms with Crippen LogP contribution in [0.15, 0.2) is 48.1 Å². The lowest BCUT2D eigenvalue weighted by Gasteiger charge is -2.04. The third kappa shape index (κ3) is 0.919. The Balaban J connectivity index is 2.46. The summed E-state index contributed by atoms with van der Waals surface area (Å²) in [7, 11) is 0. The average molecular weight is 166 g/mol. The van der Waals surface area contributed by atoms with E-state index in [0.717, 1.165) is 6.42 Å². The molecule has 1 aromatic carbocycles. The monoisotopic (exact) mass is 166 g/mol. The number of hydrogen-bond acceptors (Lipinski definition) is 0. The van der Waals surface area contributed by atoms with E-state index >= 15 is 0 Å². The molecule has 2 aliphatic rings. The molecule has 0 atom stereocenters. The Labute approximate surface area is 77.2 Å². The van der Waals surface area contributed by atoms with Gasteiger partial charge in [-0.25, -0.2) is 0 Å². The largest absolute Gasteiger partial charge is 0.0801 e. The highest BCUT2D eigenvalue weighted by molar-refractivity contribution is 5.83. The van der Waals surface area contributed by atoms with E-state index in [1.54, 1.807) is 0 Å². The highest BCUT2D eigenvalue weighted by Gasteiger charge is 2.10. The molecule has 2 aliphatic carbocycles. The zero-order valence-electron chi connectivity index (χ0n) is 7.33. The maximum atomic E-state index is 2.27. The SMILES string of the molecule is C1=CCC2=c3ccccc3=CC2=C1. The molecular weight excluding hydrogens is 156 g/mol. The number of hydrogen-bond donors (Lipinski definition) is 0. The van der Waals surface area contributed by atoms with E-state index in [1.165, 1.54) is 21.6 Å². The van der Waals surface area contributed by atoms with Gasteiger partial charge in [0.25, 0.3) is 0 Å². The molecule has 0 spiro atoms. The summed E-state index contributed by atoms with van der Waals surface area (Å²) >= 11 is 0. The van der Waals surface area contributed by atoms with Crippen molar-refractivity contribution in [1.29, 1.82) is 0 Å². The number of benzene rings is 1. The van der Waals surface area contributed by atoms with Crippen molar-refractivity contribution in [3.8, 4) is 0 Å². The minimum atomic E-state index is 1.08. The molecule has 0 heterocycles. The third-order valence-corrected chi connectivity index (χ3v) is 2.68. The van der Waals surface area contributed by atoms with Crippen molar-refractivity contribution >= 4 is 11.6 Å². The van der Waals surface area contributed by atoms with Crippen LogP contribution in [0.5, 0.6) is 0 Å². The Bertz CT molecular complexity index is 527. The van der Waals surface area contributed by atoms with Crippen LogP contribution in [-0.2, 0) is 0 Å². The molecule has 0 fully saturated rings. The van der Waals surface area contributed by atoms with E-state index < -0.39 is 0 Å². The zero-order valence-corrected chi connectivity index (χ0v) is 7.33. The van der Waals surface area contributed by atoms with Gasteiger partial charge in [-0.3, -0.25) is 0 Å². The van der Waals surface area contributed by atoms with Gasteiger partial charge in [0, 0.05) is 0 Å². The van der Waals surface area contributed by atoms with Crippen LogP contribution in [-0.4, -0.2) is 0 Å². The lowest BCUT2D eigenvalue weighted by Crippen LogP contribution is -2.21. The van der Waals surface area contributed by atoms with Gasteiger partial charge in [-0.2, -0.15) is 0 Å². The lowest BCUT2D eigenvalue weighted by atomic mass is 10.0. The molecule has 0 nitrogen and oxygen atoms in total. The number of fused-ring (bicyclic) bond motifs is 2. The topological polar surface area (TPSA) is 0 Å². The van der Waals surface area contributed by atoms with Gasteiger partial charge in [-0.15, -0.1) is 0 Å². The minimum absolute atomic E-state index is 1.08. The molecular formula is C13H10. The van der Waals surface area contributed by atoms with Crippen molar-refractivity contribution in [2.45, 2.75) is 6.42 Å². The molecule has 13 heavy (non-hydrogen) atoms. The predicted octanol–water partition coefficient (Wildman–Crippen LogP) is 1.52. The summed E-state index contributed by atoms with van der Waals surface area (Å²) in [5.41, 5.74) is 2.88. The average Bonchev–Trinajstić information content (AvgIpc) is 2.56. The fourth-order valence-electron chi connectivity index (χ4n) is 2.04. The first-order chi connectivity index (χ1) is 6.45. The summed E-state index contributed by atoms with van der Waals surface area (Å²) in [4.78, 5) is 0. The van der Waals surface area contributed by atoms with Gasteiger partial charge in [0.05, 0.1) is 0 Å². The summed E-state index contributed by atoms with van der Waals surface area (Å²) in [6.45, 7) is 0. The van der Waals surface area contributed by atoms with Crippen LogP contribution < -0.4 is 10.4 Å². The molecule has 0 aromatic heterocycles. The summed E-state index contributed by atoms with van der Waals surface area (Å²) in [6, 6.07) is 8.60. The summed E-state index contributed by atoms with van der Waals surface area (Å²) in [5.74, 6) is 0. The first-order valence-corrected chi connectivity index (χ1v) is 4.62. The molecule has 0 bridgehead atoms. The van der Waals surface area contributed by atoms with Crippen LogP contribution in [0.3, 0.4) is 0 Å². The van der Waals surface area contributed by atoms with E-state index in [-0.39, 0.29) is 0 Å². The maximum Gasteiger partial charge on any atom is -0.00822 e. The van der Waals surface area contributed by atoms with Crippen LogP contribution in [0.4, 0.5) is 0 Å². The molecule has 0 saturated carbocycles. The molecule has 0 heteroatoms. The lowest BCUT2D eigenvalue weighted by molar-refractivity contribution is 1.35. The molecule has 0 radical (unpaired) electrons. The van der Waals surface area contributed by atoms with Crippen LogP contribution in [0.25, 0.3) is 11.6 Å². The molecule has 62 valence electrons. The number of rotatable bonds is 0. The zero-order chi connectivity index (χ0) is 8.67. The van der Waals surface area contributed by atoms with Crippen molar-refractivity contribution in [1.82, 2.24) is 0 Å². The van der Waals surface area contributed by atoms with E-state index in [9.17, 15) is 0 Å². The molecule has 1 aromatic rings. The minimum Gasteiger partial charge on any atom is -0.0801 e. The van der Waals surface area contributed by atoms with Gasteiger partial charge >= 0.3 is 0 Å². The van der Waals surface area contributed by atoms with Crippen LogP contribution >= 0.6 is 0 Å². The molecule has 0 N–H and O–H groups in total. The number of allylic oxidation sites excluding steroid dienone is 4. The Kier molecular flexibility index (Phi) is 1.31. The highest BCUT2D eigenvalue weighted by Crippen LogP contribution is 2.22. The highest BCUT2D eigenvalue weighted by atomic mass is 14.1.